The highest BCUT2D eigenvalue weighted by Gasteiger charge is 2.26. The van der Waals surface area contributed by atoms with E-state index in [0.29, 0.717) is 6.42 Å². The summed E-state index contributed by atoms with van der Waals surface area (Å²) in [6.07, 6.45) is 0.0251. The van der Waals surface area contributed by atoms with Crippen molar-refractivity contribution in [2.45, 2.75) is 31.3 Å². The fraction of sp³-hybridized carbons (Fsp3) is 0.455. The van der Waals surface area contributed by atoms with Crippen molar-refractivity contribution >= 4 is 21.6 Å². The quantitative estimate of drug-likeness (QED) is 0.350. The van der Waals surface area contributed by atoms with Gasteiger partial charge in [-0.2, -0.15) is 8.42 Å². The molecule has 6 nitrogen and oxygen atoms in total. The van der Waals surface area contributed by atoms with E-state index < -0.39 is 20.4 Å². The summed E-state index contributed by atoms with van der Waals surface area (Å²) in [6, 6.07) is 5.86. The average molecular weight is 307 g/mol. The predicted octanol–water partition coefficient (Wildman–Crippen LogP) is 2.60. The summed E-state index contributed by atoms with van der Waals surface area (Å²) >= 11 is 5.54. The lowest BCUT2D eigenvalue weighted by atomic mass is 10.2. The van der Waals surface area contributed by atoms with Crippen molar-refractivity contribution in [1.82, 2.24) is 0 Å². The third kappa shape index (κ3) is 4.07. The van der Waals surface area contributed by atoms with E-state index in [1.807, 2.05) is 6.92 Å². The van der Waals surface area contributed by atoms with Gasteiger partial charge in [0.25, 0.3) is 0 Å². The topological polar surface area (TPSA) is 81.8 Å². The maximum atomic E-state index is 11.8. The van der Waals surface area contributed by atoms with Crippen molar-refractivity contribution in [1.29, 1.82) is 0 Å². The van der Waals surface area contributed by atoms with Crippen LogP contribution in [0, 0.1) is 12.1 Å². The molecule has 1 unspecified atom stereocenters. The van der Waals surface area contributed by atoms with Gasteiger partial charge in [0.1, 0.15) is 11.0 Å². The van der Waals surface area contributed by atoms with Gasteiger partial charge in [-0.3, -0.25) is 0 Å². The third-order valence-electron chi connectivity index (χ3n) is 2.41. The lowest BCUT2D eigenvalue weighted by Gasteiger charge is -2.07. The number of alkyl halides is 1. The molecule has 0 bridgehead atoms. The van der Waals surface area contributed by atoms with Crippen LogP contribution in [-0.4, -0.2) is 24.7 Å². The molecular formula is C11H15ClN2O4S. The average Bonchev–Trinajstić information content (AvgIpc) is 2.40. The normalized spacial score (nSPS) is 14.2. The zero-order chi connectivity index (χ0) is 14.5. The summed E-state index contributed by atoms with van der Waals surface area (Å²) in [5.74, 6) is 0.123. The Morgan fingerprint density at radius 1 is 1.42 bits per heavy atom. The first-order chi connectivity index (χ1) is 8.91. The second-order valence-corrected chi connectivity index (χ2v) is 5.94. The van der Waals surface area contributed by atoms with Gasteiger partial charge in [-0.15, -0.1) is 11.6 Å². The Labute approximate surface area is 117 Å². The van der Waals surface area contributed by atoms with Crippen LogP contribution in [0.1, 0.15) is 18.9 Å². The number of halogens is 1. The zero-order valence-electron chi connectivity index (χ0n) is 10.6. The molecule has 19 heavy (non-hydrogen) atoms. The van der Waals surface area contributed by atoms with E-state index in [9.17, 15) is 13.6 Å². The van der Waals surface area contributed by atoms with Crippen molar-refractivity contribution < 1.29 is 17.5 Å². The molecule has 0 aliphatic carbocycles. The lowest BCUT2D eigenvalue weighted by molar-refractivity contribution is -0.415. The molecule has 0 N–H and O–H groups in total. The minimum absolute atomic E-state index is 0.123. The molecule has 1 aromatic rings. The number of nitrogens with zero attached hydrogens (tertiary/aromatic N) is 2. The number of aryl methyl sites for hydroxylation is 1. The Balaban J connectivity index is 2.93. The fourth-order valence-electron chi connectivity index (χ4n) is 1.16. The van der Waals surface area contributed by atoms with Crippen LogP contribution in [0.4, 0.5) is 0 Å². The first kappa shape index (κ1) is 15.7. The van der Waals surface area contributed by atoms with Crippen molar-refractivity contribution in [3.8, 4) is 0 Å². The van der Waals surface area contributed by atoms with Crippen LogP contribution >= 0.6 is 11.6 Å². The summed E-state index contributed by atoms with van der Waals surface area (Å²) in [5, 5.41) is 14.5. The van der Waals surface area contributed by atoms with Gasteiger partial charge in [0, 0.05) is 0 Å². The summed E-state index contributed by atoms with van der Waals surface area (Å²) in [7, 11) is -4.22. The van der Waals surface area contributed by atoms with E-state index in [-0.39, 0.29) is 10.8 Å². The Hall–Kier alpha value is -1.34. The van der Waals surface area contributed by atoms with Gasteiger partial charge in [0.15, 0.2) is 0 Å². The van der Waals surface area contributed by atoms with E-state index in [4.69, 9.17) is 16.4 Å². The number of hydrogen-bond acceptors (Lipinski definition) is 5. The molecule has 0 spiro atoms. The molecular weight excluding hydrogens is 292 g/mol. The molecule has 0 aliphatic rings. The largest absolute Gasteiger partial charge is 0.580 e. The van der Waals surface area contributed by atoms with Crippen LogP contribution in [0.2, 0.25) is 0 Å². The predicted molar refractivity (Wildman–Crippen MR) is 70.3 cm³/mol. The molecule has 0 saturated heterocycles. The Bertz CT molecular complexity index is 538. The highest BCUT2D eigenvalue weighted by Crippen LogP contribution is 2.13. The number of sulfonamides is 1. The minimum atomic E-state index is -4.22. The third-order valence-corrected chi connectivity index (χ3v) is 4.10. The van der Waals surface area contributed by atoms with Crippen molar-refractivity contribution in [2.24, 2.45) is 5.28 Å². The van der Waals surface area contributed by atoms with E-state index in [1.54, 1.807) is 19.1 Å². The van der Waals surface area contributed by atoms with Gasteiger partial charge < -0.3 is 10.0 Å². The van der Waals surface area contributed by atoms with Gasteiger partial charge >= 0.3 is 10.0 Å². The first-order valence-electron chi connectivity index (χ1n) is 5.63. The highest BCUT2D eigenvalue weighted by atomic mass is 35.5. The van der Waals surface area contributed by atoms with Gasteiger partial charge in [-0.05, 0) is 25.5 Å². The second kappa shape index (κ2) is 6.72. The maximum Gasteiger partial charge on any atom is 0.431 e. The second-order valence-electron chi connectivity index (χ2n) is 3.90. The molecule has 0 aliphatic heterocycles. The number of benzene rings is 1. The standard InChI is InChI=1S/C11H15ClN2O4S/c1-3-10(8-12)18-13-14(15)19(16,17)11-6-4-9(2)5-7-11/h4-7,10H,3,8H2,1-2H3. The van der Waals surface area contributed by atoms with Crippen molar-refractivity contribution in [3.05, 3.63) is 35.0 Å². The molecule has 106 valence electrons. The monoisotopic (exact) mass is 306 g/mol. The summed E-state index contributed by atoms with van der Waals surface area (Å²) < 4.78 is 23.2. The molecule has 1 atom stereocenters. The lowest BCUT2D eigenvalue weighted by Crippen LogP contribution is -2.17. The molecule has 0 amide bonds. The summed E-state index contributed by atoms with van der Waals surface area (Å²) in [4.78, 5) is 4.62. The van der Waals surface area contributed by atoms with Crippen LogP contribution in [0.5, 0.6) is 0 Å². The van der Waals surface area contributed by atoms with E-state index in [1.165, 1.54) is 12.1 Å². The van der Waals surface area contributed by atoms with E-state index >= 15 is 0 Å². The van der Waals surface area contributed by atoms with Crippen LogP contribution in [0.15, 0.2) is 34.4 Å². The summed E-state index contributed by atoms with van der Waals surface area (Å²) in [6.45, 7) is 3.59. The molecule has 1 rings (SSSR count). The van der Waals surface area contributed by atoms with Gasteiger partial charge in [-0.1, -0.05) is 24.6 Å². The Kier molecular flexibility index (Phi) is 5.56. The number of rotatable bonds is 6. The minimum Gasteiger partial charge on any atom is -0.580 e. The molecule has 0 saturated carbocycles. The van der Waals surface area contributed by atoms with E-state index in [0.717, 1.165) is 5.56 Å². The zero-order valence-corrected chi connectivity index (χ0v) is 12.2. The van der Waals surface area contributed by atoms with Crippen molar-refractivity contribution in [3.63, 3.8) is 0 Å². The molecule has 1 aromatic carbocycles. The molecule has 0 heterocycles. The van der Waals surface area contributed by atoms with Gasteiger partial charge in [0.2, 0.25) is 5.28 Å². The van der Waals surface area contributed by atoms with Gasteiger partial charge in [-0.25, -0.2) is 0 Å². The number of hydrogen-bond donors (Lipinski definition) is 0. The Morgan fingerprint density at radius 3 is 2.47 bits per heavy atom. The SMILES string of the molecule is CCC(CCl)ON=[N+]([O-])S(=O)(=O)c1ccc(C)cc1. The molecule has 0 aromatic heterocycles. The van der Waals surface area contributed by atoms with Crippen LogP contribution in [0.3, 0.4) is 0 Å². The molecule has 0 radical (unpaired) electrons. The van der Waals surface area contributed by atoms with Crippen LogP contribution in [0.25, 0.3) is 0 Å². The van der Waals surface area contributed by atoms with E-state index in [2.05, 4.69) is 5.28 Å². The van der Waals surface area contributed by atoms with Crippen LogP contribution < -0.4 is 0 Å². The smallest absolute Gasteiger partial charge is 0.431 e. The maximum absolute atomic E-state index is 11.8. The Morgan fingerprint density at radius 2 is 2.00 bits per heavy atom. The summed E-state index contributed by atoms with van der Waals surface area (Å²) in [5.41, 5.74) is 0.887. The first-order valence-corrected chi connectivity index (χ1v) is 7.61. The van der Waals surface area contributed by atoms with Gasteiger partial charge in [0.05, 0.1) is 10.1 Å². The van der Waals surface area contributed by atoms with Crippen molar-refractivity contribution in [2.75, 3.05) is 5.88 Å². The molecule has 0 fully saturated rings. The fourth-order valence-corrected chi connectivity index (χ4v) is 2.22. The highest BCUT2D eigenvalue weighted by molar-refractivity contribution is 7.85. The van der Waals surface area contributed by atoms with Crippen LogP contribution in [-0.2, 0) is 14.9 Å². The molecule has 8 heteroatoms.